The summed E-state index contributed by atoms with van der Waals surface area (Å²) in [4.78, 5) is 12.0. The molecule has 0 aliphatic heterocycles. The Morgan fingerprint density at radius 1 is 1.11 bits per heavy atom. The maximum Gasteiger partial charge on any atom is 0.251 e. The lowest BCUT2D eigenvalue weighted by Crippen LogP contribution is -2.22. The number of amides is 1. The van der Waals surface area contributed by atoms with Gasteiger partial charge in [0, 0.05) is 17.8 Å². The van der Waals surface area contributed by atoms with Crippen LogP contribution in [0.4, 0.5) is 5.69 Å². The molecule has 2 rings (SSSR count). The summed E-state index contributed by atoms with van der Waals surface area (Å²) in [5, 5.41) is 2.89. The average molecular weight is 254 g/mol. The molecule has 0 spiro atoms. The second kappa shape index (κ2) is 5.57. The molecule has 1 amide bonds. The zero-order valence-electron chi connectivity index (χ0n) is 11.2. The van der Waals surface area contributed by atoms with E-state index >= 15 is 0 Å². The van der Waals surface area contributed by atoms with Crippen LogP contribution in [0.1, 0.15) is 27.0 Å². The number of anilines is 1. The van der Waals surface area contributed by atoms with E-state index in [4.69, 9.17) is 5.73 Å². The highest BCUT2D eigenvalue weighted by Crippen LogP contribution is 2.13. The van der Waals surface area contributed by atoms with Gasteiger partial charge in [-0.05, 0) is 37.1 Å². The van der Waals surface area contributed by atoms with Crippen molar-refractivity contribution in [1.29, 1.82) is 0 Å². The lowest BCUT2D eigenvalue weighted by molar-refractivity contribution is 0.0951. The lowest BCUT2D eigenvalue weighted by atomic mass is 10.1. The highest BCUT2D eigenvalue weighted by Gasteiger charge is 2.06. The van der Waals surface area contributed by atoms with Gasteiger partial charge in [0.2, 0.25) is 0 Å². The number of hydrogen-bond acceptors (Lipinski definition) is 2. The standard InChI is InChI=1S/C16H18N2O/c1-11-3-6-13(7-4-11)10-18-16(19)14-8-5-12(2)15(17)9-14/h3-9H,10,17H2,1-2H3,(H,18,19). The molecular formula is C16H18N2O. The second-order valence-electron chi connectivity index (χ2n) is 4.74. The van der Waals surface area contributed by atoms with Crippen molar-refractivity contribution in [3.8, 4) is 0 Å². The summed E-state index contributed by atoms with van der Waals surface area (Å²) in [7, 11) is 0. The molecule has 0 fully saturated rings. The molecule has 0 atom stereocenters. The number of rotatable bonds is 3. The fraction of sp³-hybridized carbons (Fsp3) is 0.188. The molecule has 0 bridgehead atoms. The largest absolute Gasteiger partial charge is 0.398 e. The third kappa shape index (κ3) is 3.35. The number of aryl methyl sites for hydroxylation is 2. The Labute approximate surface area is 113 Å². The van der Waals surface area contributed by atoms with E-state index in [9.17, 15) is 4.79 Å². The predicted octanol–water partition coefficient (Wildman–Crippen LogP) is 2.82. The van der Waals surface area contributed by atoms with Crippen molar-refractivity contribution in [3.63, 3.8) is 0 Å². The van der Waals surface area contributed by atoms with Crippen molar-refractivity contribution in [1.82, 2.24) is 5.32 Å². The van der Waals surface area contributed by atoms with Gasteiger partial charge in [-0.25, -0.2) is 0 Å². The highest BCUT2D eigenvalue weighted by molar-refractivity contribution is 5.95. The molecule has 19 heavy (non-hydrogen) atoms. The lowest BCUT2D eigenvalue weighted by Gasteiger charge is -2.07. The maximum absolute atomic E-state index is 12.0. The van der Waals surface area contributed by atoms with E-state index in [2.05, 4.69) is 5.32 Å². The number of carbonyl (C=O) groups excluding carboxylic acids is 1. The quantitative estimate of drug-likeness (QED) is 0.827. The van der Waals surface area contributed by atoms with Crippen LogP contribution in [0, 0.1) is 13.8 Å². The molecule has 0 saturated carbocycles. The van der Waals surface area contributed by atoms with Gasteiger partial charge in [-0.1, -0.05) is 35.9 Å². The summed E-state index contributed by atoms with van der Waals surface area (Å²) in [6.45, 7) is 4.48. The minimum Gasteiger partial charge on any atom is -0.398 e. The van der Waals surface area contributed by atoms with E-state index in [0.29, 0.717) is 17.8 Å². The Bertz CT molecular complexity index is 588. The summed E-state index contributed by atoms with van der Waals surface area (Å²) < 4.78 is 0. The molecule has 0 heterocycles. The number of hydrogen-bond donors (Lipinski definition) is 2. The smallest absolute Gasteiger partial charge is 0.251 e. The zero-order valence-corrected chi connectivity index (χ0v) is 11.2. The van der Waals surface area contributed by atoms with E-state index < -0.39 is 0 Å². The molecular weight excluding hydrogens is 236 g/mol. The molecule has 98 valence electrons. The Kier molecular flexibility index (Phi) is 3.85. The van der Waals surface area contributed by atoms with E-state index in [-0.39, 0.29) is 5.91 Å². The number of nitrogens with one attached hydrogen (secondary N) is 1. The van der Waals surface area contributed by atoms with Gasteiger partial charge in [0.1, 0.15) is 0 Å². The number of carbonyl (C=O) groups is 1. The second-order valence-corrected chi connectivity index (χ2v) is 4.74. The van der Waals surface area contributed by atoms with E-state index in [1.807, 2.05) is 44.2 Å². The third-order valence-electron chi connectivity index (χ3n) is 3.12. The monoisotopic (exact) mass is 254 g/mol. The van der Waals surface area contributed by atoms with Crippen LogP contribution in [0.5, 0.6) is 0 Å². The van der Waals surface area contributed by atoms with Crippen molar-refractivity contribution in [3.05, 3.63) is 64.7 Å². The van der Waals surface area contributed by atoms with Crippen molar-refractivity contribution in [2.45, 2.75) is 20.4 Å². The summed E-state index contributed by atoms with van der Waals surface area (Å²) in [5.74, 6) is -0.104. The van der Waals surface area contributed by atoms with Crippen LogP contribution in [0.2, 0.25) is 0 Å². The topological polar surface area (TPSA) is 55.1 Å². The molecule has 0 aliphatic rings. The maximum atomic E-state index is 12.0. The Morgan fingerprint density at radius 3 is 2.42 bits per heavy atom. The molecule has 0 radical (unpaired) electrons. The van der Waals surface area contributed by atoms with Gasteiger partial charge in [-0.3, -0.25) is 4.79 Å². The molecule has 3 nitrogen and oxygen atoms in total. The molecule has 2 aromatic rings. The van der Waals surface area contributed by atoms with Gasteiger partial charge < -0.3 is 11.1 Å². The van der Waals surface area contributed by atoms with E-state index in [0.717, 1.165) is 11.1 Å². The van der Waals surface area contributed by atoms with Crippen molar-refractivity contribution >= 4 is 11.6 Å². The Balaban J connectivity index is 2.01. The normalized spacial score (nSPS) is 10.2. The van der Waals surface area contributed by atoms with Gasteiger partial charge in [-0.15, -0.1) is 0 Å². The first-order chi connectivity index (χ1) is 9.06. The number of benzene rings is 2. The summed E-state index contributed by atoms with van der Waals surface area (Å²) in [6, 6.07) is 13.4. The minimum absolute atomic E-state index is 0.104. The fourth-order valence-electron chi connectivity index (χ4n) is 1.77. The van der Waals surface area contributed by atoms with Crippen molar-refractivity contribution in [2.75, 3.05) is 5.73 Å². The van der Waals surface area contributed by atoms with Gasteiger partial charge in [-0.2, -0.15) is 0 Å². The zero-order chi connectivity index (χ0) is 13.8. The summed E-state index contributed by atoms with van der Waals surface area (Å²) in [6.07, 6.45) is 0. The molecule has 2 aromatic carbocycles. The van der Waals surface area contributed by atoms with Crippen molar-refractivity contribution < 1.29 is 4.79 Å². The fourth-order valence-corrected chi connectivity index (χ4v) is 1.77. The Hall–Kier alpha value is -2.29. The van der Waals surface area contributed by atoms with Gasteiger partial charge in [0.05, 0.1) is 0 Å². The predicted molar refractivity (Wildman–Crippen MR) is 77.9 cm³/mol. The third-order valence-corrected chi connectivity index (χ3v) is 3.12. The first kappa shape index (κ1) is 13.1. The van der Waals surface area contributed by atoms with Gasteiger partial charge in [0.25, 0.3) is 5.91 Å². The van der Waals surface area contributed by atoms with Crippen LogP contribution >= 0.6 is 0 Å². The molecule has 3 N–H and O–H groups in total. The molecule has 0 aliphatic carbocycles. The van der Waals surface area contributed by atoms with Gasteiger partial charge in [0.15, 0.2) is 0 Å². The van der Waals surface area contributed by atoms with Crippen LogP contribution in [0.3, 0.4) is 0 Å². The number of nitrogen functional groups attached to an aromatic ring is 1. The van der Waals surface area contributed by atoms with Crippen LogP contribution in [-0.2, 0) is 6.54 Å². The van der Waals surface area contributed by atoms with Crippen LogP contribution < -0.4 is 11.1 Å². The van der Waals surface area contributed by atoms with Crippen molar-refractivity contribution in [2.24, 2.45) is 0 Å². The highest BCUT2D eigenvalue weighted by atomic mass is 16.1. The Morgan fingerprint density at radius 2 is 1.79 bits per heavy atom. The first-order valence-electron chi connectivity index (χ1n) is 6.26. The minimum atomic E-state index is -0.104. The van der Waals surface area contributed by atoms with E-state index in [1.165, 1.54) is 5.56 Å². The average Bonchev–Trinajstić information content (AvgIpc) is 2.41. The molecule has 0 aromatic heterocycles. The van der Waals surface area contributed by atoms with Crippen LogP contribution in [0.25, 0.3) is 0 Å². The molecule has 0 saturated heterocycles. The molecule has 0 unspecified atom stereocenters. The molecule has 3 heteroatoms. The van der Waals surface area contributed by atoms with E-state index in [1.54, 1.807) is 12.1 Å². The summed E-state index contributed by atoms with van der Waals surface area (Å²) in [5.41, 5.74) is 10.3. The summed E-state index contributed by atoms with van der Waals surface area (Å²) >= 11 is 0. The van der Waals surface area contributed by atoms with Gasteiger partial charge >= 0.3 is 0 Å². The van der Waals surface area contributed by atoms with Crippen LogP contribution in [-0.4, -0.2) is 5.91 Å². The SMILES string of the molecule is Cc1ccc(CNC(=O)c2ccc(C)c(N)c2)cc1. The van der Waals surface area contributed by atoms with Crippen LogP contribution in [0.15, 0.2) is 42.5 Å². The first-order valence-corrected chi connectivity index (χ1v) is 6.26. The number of nitrogens with two attached hydrogens (primary N) is 1.